The van der Waals surface area contributed by atoms with Crippen LogP contribution in [-0.2, 0) is 4.84 Å². The molecule has 0 aromatic carbocycles. The second-order valence-corrected chi connectivity index (χ2v) is 5.01. The Morgan fingerprint density at radius 2 is 1.94 bits per heavy atom. The molecule has 0 atom stereocenters. The molecular weight excluding hydrogens is 212 g/mol. The van der Waals surface area contributed by atoms with Crippen molar-refractivity contribution < 1.29 is 4.84 Å². The van der Waals surface area contributed by atoms with Gasteiger partial charge in [-0.2, -0.15) is 0 Å². The molecule has 2 rings (SSSR count). The molecule has 2 aliphatic heterocycles. The molecular formula is C14H22N2O. The molecule has 1 fully saturated rings. The molecule has 3 heteroatoms. The lowest BCUT2D eigenvalue weighted by Gasteiger charge is -2.37. The fourth-order valence-electron chi connectivity index (χ4n) is 2.71. The maximum Gasteiger partial charge on any atom is 0.0643 e. The van der Waals surface area contributed by atoms with Crippen molar-refractivity contribution in [3.8, 4) is 0 Å². The van der Waals surface area contributed by atoms with Crippen LogP contribution in [-0.4, -0.2) is 37.2 Å². The summed E-state index contributed by atoms with van der Waals surface area (Å²) in [6.45, 7) is 10.4. The van der Waals surface area contributed by atoms with Crippen LogP contribution in [0.2, 0.25) is 0 Å². The number of hydrogen-bond donors (Lipinski definition) is 0. The highest BCUT2D eigenvalue weighted by atomic mass is 16.7. The van der Waals surface area contributed by atoms with Gasteiger partial charge in [0.1, 0.15) is 0 Å². The van der Waals surface area contributed by atoms with E-state index in [0.29, 0.717) is 5.92 Å². The quantitative estimate of drug-likeness (QED) is 0.683. The highest BCUT2D eigenvalue weighted by molar-refractivity contribution is 5.21. The van der Waals surface area contributed by atoms with Crippen LogP contribution in [0.25, 0.3) is 0 Å². The minimum Gasteiger partial charge on any atom is -0.302 e. The maximum absolute atomic E-state index is 5.27. The van der Waals surface area contributed by atoms with E-state index < -0.39 is 0 Å². The van der Waals surface area contributed by atoms with Crippen molar-refractivity contribution in [2.75, 3.05) is 27.2 Å². The maximum atomic E-state index is 5.27. The first kappa shape index (κ1) is 12.4. The summed E-state index contributed by atoms with van der Waals surface area (Å²) in [5, 5.41) is 1.77. The molecule has 3 nitrogen and oxygen atoms in total. The van der Waals surface area contributed by atoms with Crippen LogP contribution in [0.1, 0.15) is 19.3 Å². The van der Waals surface area contributed by atoms with Crippen LogP contribution in [0, 0.1) is 5.92 Å². The summed E-state index contributed by atoms with van der Waals surface area (Å²) < 4.78 is 0. The van der Waals surface area contributed by atoms with Gasteiger partial charge in [-0.15, -0.1) is 0 Å². The van der Waals surface area contributed by atoms with Crippen molar-refractivity contribution >= 4 is 0 Å². The molecule has 0 radical (unpaired) electrons. The molecule has 0 aromatic rings. The van der Waals surface area contributed by atoms with E-state index in [1.165, 1.54) is 6.42 Å². The molecule has 0 amide bonds. The van der Waals surface area contributed by atoms with Crippen molar-refractivity contribution in [1.82, 2.24) is 9.96 Å². The van der Waals surface area contributed by atoms with E-state index >= 15 is 0 Å². The highest BCUT2D eigenvalue weighted by Crippen LogP contribution is 2.37. The number of likely N-dealkylation sites (N-methyl/N-ethyl adjacent to an activating group) is 1. The molecule has 0 spiro atoms. The zero-order valence-corrected chi connectivity index (χ0v) is 10.9. The first-order valence-electron chi connectivity index (χ1n) is 6.19. The summed E-state index contributed by atoms with van der Waals surface area (Å²) in [5.41, 5.74) is 3.61. The number of nitrogens with zero attached hydrogens (tertiary/aromatic N) is 2. The van der Waals surface area contributed by atoms with Crippen molar-refractivity contribution in [3.05, 3.63) is 36.2 Å². The Labute approximate surface area is 104 Å². The van der Waals surface area contributed by atoms with Crippen molar-refractivity contribution in [3.63, 3.8) is 0 Å². The summed E-state index contributed by atoms with van der Waals surface area (Å²) in [6, 6.07) is 0. The Hall–Kier alpha value is -1.06. The molecule has 0 aromatic heterocycles. The monoisotopic (exact) mass is 234 g/mol. The van der Waals surface area contributed by atoms with E-state index in [0.717, 1.165) is 37.3 Å². The Bertz CT molecular complexity index is 341. The zero-order valence-electron chi connectivity index (χ0n) is 10.9. The molecule has 0 saturated carbocycles. The van der Waals surface area contributed by atoms with Crippen molar-refractivity contribution in [2.45, 2.75) is 19.3 Å². The van der Waals surface area contributed by atoms with Gasteiger partial charge in [0.2, 0.25) is 0 Å². The van der Waals surface area contributed by atoms with Gasteiger partial charge in [0.15, 0.2) is 0 Å². The molecule has 17 heavy (non-hydrogen) atoms. The van der Waals surface area contributed by atoms with Crippen molar-refractivity contribution in [1.29, 1.82) is 0 Å². The lowest BCUT2D eigenvalue weighted by Crippen LogP contribution is -2.32. The standard InChI is InChI=1S/C14H22N2O/c1-11-9-14(10-12(2)16(11)17-4)13-5-7-15(3)8-6-13/h5,14H,1-2,6-10H2,3-4H3. The average molecular weight is 234 g/mol. The minimum atomic E-state index is 0.579. The molecule has 94 valence electrons. The number of allylic oxidation sites excluding steroid dienone is 2. The molecule has 0 aliphatic carbocycles. The van der Waals surface area contributed by atoms with Crippen LogP contribution in [0.5, 0.6) is 0 Å². The van der Waals surface area contributed by atoms with Crippen LogP contribution in [0.4, 0.5) is 0 Å². The largest absolute Gasteiger partial charge is 0.302 e. The second kappa shape index (κ2) is 5.07. The number of piperidine rings is 1. The third-order valence-electron chi connectivity index (χ3n) is 3.69. The Morgan fingerprint density at radius 1 is 1.29 bits per heavy atom. The van der Waals surface area contributed by atoms with Crippen LogP contribution in [0.3, 0.4) is 0 Å². The van der Waals surface area contributed by atoms with Gasteiger partial charge in [-0.25, -0.2) is 5.06 Å². The average Bonchev–Trinajstić information content (AvgIpc) is 2.29. The molecule has 0 bridgehead atoms. The fraction of sp³-hybridized carbons (Fsp3) is 0.571. The summed E-state index contributed by atoms with van der Waals surface area (Å²) in [4.78, 5) is 7.62. The third kappa shape index (κ3) is 2.61. The van der Waals surface area contributed by atoms with E-state index in [2.05, 4.69) is 31.2 Å². The number of rotatable bonds is 2. The van der Waals surface area contributed by atoms with Gasteiger partial charge in [0.25, 0.3) is 0 Å². The van der Waals surface area contributed by atoms with Gasteiger partial charge in [0.05, 0.1) is 7.11 Å². The first-order valence-corrected chi connectivity index (χ1v) is 6.19. The third-order valence-corrected chi connectivity index (χ3v) is 3.69. The SMILES string of the molecule is C=C1CC(C2=CCN(C)CC2)CC(=C)N1OC. The minimum absolute atomic E-state index is 0.579. The van der Waals surface area contributed by atoms with Gasteiger partial charge in [-0.3, -0.25) is 4.84 Å². The predicted octanol–water partition coefficient (Wildman–Crippen LogP) is 2.55. The van der Waals surface area contributed by atoms with E-state index in [1.54, 1.807) is 17.7 Å². The van der Waals surface area contributed by atoms with Gasteiger partial charge < -0.3 is 4.90 Å². The number of hydroxylamine groups is 2. The van der Waals surface area contributed by atoms with Gasteiger partial charge in [0, 0.05) is 24.5 Å². The van der Waals surface area contributed by atoms with Gasteiger partial charge in [-0.05, 0) is 32.2 Å². The highest BCUT2D eigenvalue weighted by Gasteiger charge is 2.28. The van der Waals surface area contributed by atoms with Crippen molar-refractivity contribution in [2.24, 2.45) is 5.92 Å². The summed E-state index contributed by atoms with van der Waals surface area (Å²) >= 11 is 0. The normalized spacial score (nSPS) is 24.1. The summed E-state index contributed by atoms with van der Waals surface area (Å²) in [5.74, 6) is 0.579. The predicted molar refractivity (Wildman–Crippen MR) is 70.0 cm³/mol. The number of hydrogen-bond acceptors (Lipinski definition) is 3. The second-order valence-electron chi connectivity index (χ2n) is 5.01. The zero-order chi connectivity index (χ0) is 12.4. The van der Waals surface area contributed by atoms with Crippen LogP contribution in [0.15, 0.2) is 36.2 Å². The Balaban J connectivity index is 2.05. The van der Waals surface area contributed by atoms with Gasteiger partial charge >= 0.3 is 0 Å². The fourth-order valence-corrected chi connectivity index (χ4v) is 2.71. The molecule has 0 N–H and O–H groups in total. The van der Waals surface area contributed by atoms with Crippen LogP contribution < -0.4 is 0 Å². The molecule has 2 heterocycles. The molecule has 2 aliphatic rings. The topological polar surface area (TPSA) is 15.7 Å². The first-order chi connectivity index (χ1) is 8.11. The lowest BCUT2D eigenvalue weighted by atomic mass is 9.84. The van der Waals surface area contributed by atoms with E-state index in [4.69, 9.17) is 4.84 Å². The Kier molecular flexibility index (Phi) is 3.69. The molecule has 1 saturated heterocycles. The molecule has 0 unspecified atom stereocenters. The summed E-state index contributed by atoms with van der Waals surface area (Å²) in [6.07, 6.45) is 5.52. The summed E-state index contributed by atoms with van der Waals surface area (Å²) in [7, 11) is 3.84. The van der Waals surface area contributed by atoms with Gasteiger partial charge in [-0.1, -0.05) is 24.8 Å². The van der Waals surface area contributed by atoms with Crippen LogP contribution >= 0.6 is 0 Å². The van der Waals surface area contributed by atoms with E-state index in [9.17, 15) is 0 Å². The van der Waals surface area contributed by atoms with E-state index in [1.807, 2.05) is 0 Å². The Morgan fingerprint density at radius 3 is 2.41 bits per heavy atom. The van der Waals surface area contributed by atoms with E-state index in [-0.39, 0.29) is 0 Å². The smallest absolute Gasteiger partial charge is 0.0643 e. The lowest BCUT2D eigenvalue weighted by molar-refractivity contribution is -0.0837.